The minimum absolute atomic E-state index is 0.248. The first-order valence-electron chi connectivity index (χ1n) is 7.57. The number of carbonyl (C=O) groups excluding carboxylic acids is 1. The fourth-order valence-electron chi connectivity index (χ4n) is 2.26. The fraction of sp³-hybridized carbons (Fsp3) is 0.0526. The average Bonchev–Trinajstić information content (AvgIpc) is 2.59. The maximum atomic E-state index is 13.2. The summed E-state index contributed by atoms with van der Waals surface area (Å²) in [5.41, 5.74) is 2.92. The highest BCUT2D eigenvalue weighted by Crippen LogP contribution is 2.19. The molecule has 6 heteroatoms. The minimum Gasteiger partial charge on any atom is -0.354 e. The number of halogens is 2. The lowest BCUT2D eigenvalue weighted by atomic mass is 10.2. The van der Waals surface area contributed by atoms with Crippen molar-refractivity contribution in [3.8, 4) is 0 Å². The van der Waals surface area contributed by atoms with Crippen LogP contribution in [0.5, 0.6) is 0 Å². The number of rotatable bonds is 4. The van der Waals surface area contributed by atoms with Crippen LogP contribution in [0.25, 0.3) is 0 Å². The number of anilines is 3. The number of pyridine rings is 1. The molecule has 25 heavy (non-hydrogen) atoms. The highest BCUT2D eigenvalue weighted by atomic mass is 19.2. The zero-order valence-electron chi connectivity index (χ0n) is 13.4. The highest BCUT2D eigenvalue weighted by molar-refractivity contribution is 6.03. The second kappa shape index (κ2) is 7.09. The molecule has 0 spiro atoms. The van der Waals surface area contributed by atoms with E-state index in [4.69, 9.17) is 0 Å². The molecule has 2 aromatic carbocycles. The van der Waals surface area contributed by atoms with Gasteiger partial charge in [-0.2, -0.15) is 0 Å². The number of hydrogen-bond acceptors (Lipinski definition) is 3. The van der Waals surface area contributed by atoms with Crippen molar-refractivity contribution in [1.82, 2.24) is 4.98 Å². The van der Waals surface area contributed by atoms with Gasteiger partial charge in [0.05, 0.1) is 11.9 Å². The van der Waals surface area contributed by atoms with Gasteiger partial charge in [-0.25, -0.2) is 13.8 Å². The van der Waals surface area contributed by atoms with Gasteiger partial charge in [0.1, 0.15) is 5.69 Å². The third-order valence-electron chi connectivity index (χ3n) is 3.48. The van der Waals surface area contributed by atoms with Crippen molar-refractivity contribution in [2.75, 3.05) is 10.6 Å². The summed E-state index contributed by atoms with van der Waals surface area (Å²) in [5, 5.41) is 5.66. The van der Waals surface area contributed by atoms with Gasteiger partial charge in [0.2, 0.25) is 0 Å². The van der Waals surface area contributed by atoms with Gasteiger partial charge in [-0.1, -0.05) is 12.1 Å². The van der Waals surface area contributed by atoms with Crippen LogP contribution >= 0.6 is 0 Å². The predicted molar refractivity (Wildman–Crippen MR) is 93.0 cm³/mol. The van der Waals surface area contributed by atoms with E-state index in [1.165, 1.54) is 12.3 Å². The number of amides is 1. The summed E-state index contributed by atoms with van der Waals surface area (Å²) >= 11 is 0. The number of carbonyl (C=O) groups is 1. The van der Waals surface area contributed by atoms with Crippen LogP contribution in [0.2, 0.25) is 0 Å². The van der Waals surface area contributed by atoms with Crippen LogP contribution in [0.15, 0.2) is 60.8 Å². The Hall–Kier alpha value is -3.28. The molecule has 0 bridgehead atoms. The summed E-state index contributed by atoms with van der Waals surface area (Å²) < 4.78 is 26.1. The second-order valence-corrected chi connectivity index (χ2v) is 5.51. The van der Waals surface area contributed by atoms with Gasteiger partial charge in [-0.15, -0.1) is 0 Å². The van der Waals surface area contributed by atoms with Crippen LogP contribution in [0, 0.1) is 18.6 Å². The molecular formula is C19H15F2N3O. The first-order chi connectivity index (χ1) is 12.0. The third kappa shape index (κ3) is 4.17. The lowest BCUT2D eigenvalue weighted by Crippen LogP contribution is -2.13. The Labute approximate surface area is 143 Å². The Morgan fingerprint density at radius 2 is 1.72 bits per heavy atom. The molecule has 0 aliphatic rings. The number of benzene rings is 2. The van der Waals surface area contributed by atoms with Gasteiger partial charge in [-0.3, -0.25) is 4.79 Å². The molecule has 0 aliphatic heterocycles. The molecule has 126 valence electrons. The summed E-state index contributed by atoms with van der Waals surface area (Å²) in [4.78, 5) is 16.3. The number of nitrogens with zero attached hydrogens (tertiary/aromatic N) is 1. The molecule has 3 aromatic rings. The van der Waals surface area contributed by atoms with E-state index in [0.717, 1.165) is 17.7 Å². The molecule has 2 N–H and O–H groups in total. The molecule has 0 atom stereocenters. The Bertz CT molecular complexity index is 911. The largest absolute Gasteiger partial charge is 0.354 e. The quantitative estimate of drug-likeness (QED) is 0.727. The van der Waals surface area contributed by atoms with Gasteiger partial charge in [0.25, 0.3) is 5.91 Å². The Morgan fingerprint density at radius 3 is 2.40 bits per heavy atom. The maximum absolute atomic E-state index is 13.2. The summed E-state index contributed by atoms with van der Waals surface area (Å²) in [6.07, 6.45) is 1.45. The second-order valence-electron chi connectivity index (χ2n) is 5.51. The molecule has 0 radical (unpaired) electrons. The van der Waals surface area contributed by atoms with Crippen LogP contribution in [0.4, 0.5) is 25.8 Å². The van der Waals surface area contributed by atoms with Crippen molar-refractivity contribution >= 4 is 23.0 Å². The van der Waals surface area contributed by atoms with E-state index in [1.807, 2.05) is 25.1 Å². The van der Waals surface area contributed by atoms with Gasteiger partial charge in [0, 0.05) is 17.4 Å². The van der Waals surface area contributed by atoms with E-state index < -0.39 is 11.6 Å². The number of hydrogen-bond donors (Lipinski definition) is 2. The van der Waals surface area contributed by atoms with Gasteiger partial charge >= 0.3 is 0 Å². The molecule has 3 rings (SSSR count). The SMILES string of the molecule is Cc1cccc(NC(=O)c2ccc(Nc3ccc(F)c(F)c3)cn2)c1. The van der Waals surface area contributed by atoms with E-state index in [-0.39, 0.29) is 11.6 Å². The van der Waals surface area contributed by atoms with E-state index in [9.17, 15) is 13.6 Å². The van der Waals surface area contributed by atoms with E-state index in [1.54, 1.807) is 18.2 Å². The average molecular weight is 339 g/mol. The molecular weight excluding hydrogens is 324 g/mol. The summed E-state index contributed by atoms with van der Waals surface area (Å²) in [6, 6.07) is 14.1. The third-order valence-corrected chi connectivity index (χ3v) is 3.48. The number of aromatic nitrogens is 1. The van der Waals surface area contributed by atoms with Crippen molar-refractivity contribution < 1.29 is 13.6 Å². The van der Waals surface area contributed by atoms with Crippen LogP contribution in [0.1, 0.15) is 16.1 Å². The summed E-state index contributed by atoms with van der Waals surface area (Å²) in [7, 11) is 0. The van der Waals surface area contributed by atoms with Crippen LogP contribution in [0.3, 0.4) is 0 Å². The smallest absolute Gasteiger partial charge is 0.274 e. The molecule has 4 nitrogen and oxygen atoms in total. The summed E-state index contributed by atoms with van der Waals surface area (Å²) in [5.74, 6) is -2.18. The van der Waals surface area contributed by atoms with Crippen molar-refractivity contribution in [3.63, 3.8) is 0 Å². The highest BCUT2D eigenvalue weighted by Gasteiger charge is 2.08. The van der Waals surface area contributed by atoms with Crippen molar-refractivity contribution in [2.45, 2.75) is 6.92 Å². The Balaban J connectivity index is 1.69. The van der Waals surface area contributed by atoms with Crippen molar-refractivity contribution in [3.05, 3.63) is 83.7 Å². The van der Waals surface area contributed by atoms with E-state index >= 15 is 0 Å². The normalized spacial score (nSPS) is 10.4. The topological polar surface area (TPSA) is 54.0 Å². The fourth-order valence-corrected chi connectivity index (χ4v) is 2.26. The van der Waals surface area contributed by atoms with Gasteiger partial charge < -0.3 is 10.6 Å². The molecule has 0 unspecified atom stereocenters. The van der Waals surface area contributed by atoms with Crippen LogP contribution < -0.4 is 10.6 Å². The lowest BCUT2D eigenvalue weighted by molar-refractivity contribution is 0.102. The van der Waals surface area contributed by atoms with Gasteiger partial charge in [-0.05, 0) is 48.9 Å². The maximum Gasteiger partial charge on any atom is 0.274 e. The molecule has 0 fully saturated rings. The lowest BCUT2D eigenvalue weighted by Gasteiger charge is -2.08. The first-order valence-corrected chi connectivity index (χ1v) is 7.57. The Kier molecular flexibility index (Phi) is 4.70. The zero-order valence-corrected chi connectivity index (χ0v) is 13.4. The Morgan fingerprint density at radius 1 is 0.920 bits per heavy atom. The predicted octanol–water partition coefficient (Wildman–Crippen LogP) is 4.66. The standard InChI is InChI=1S/C19H15F2N3O/c1-12-3-2-4-13(9-12)24-19(25)18-8-6-15(11-22-18)23-14-5-7-16(20)17(21)10-14/h2-11,23H,1H3,(H,24,25). The molecule has 1 amide bonds. The van der Waals surface area contributed by atoms with Crippen LogP contribution in [-0.2, 0) is 0 Å². The molecule has 1 aromatic heterocycles. The molecule has 0 saturated carbocycles. The van der Waals surface area contributed by atoms with Gasteiger partial charge in [0.15, 0.2) is 11.6 Å². The zero-order chi connectivity index (χ0) is 17.8. The molecule has 0 saturated heterocycles. The molecule has 0 aliphatic carbocycles. The van der Waals surface area contributed by atoms with E-state index in [2.05, 4.69) is 15.6 Å². The van der Waals surface area contributed by atoms with Crippen molar-refractivity contribution in [2.24, 2.45) is 0 Å². The monoisotopic (exact) mass is 339 g/mol. The first kappa shape index (κ1) is 16.6. The number of aryl methyl sites for hydroxylation is 1. The van der Waals surface area contributed by atoms with Crippen molar-refractivity contribution in [1.29, 1.82) is 0 Å². The van der Waals surface area contributed by atoms with Crippen LogP contribution in [-0.4, -0.2) is 10.9 Å². The number of nitrogens with one attached hydrogen (secondary N) is 2. The van der Waals surface area contributed by atoms with E-state index in [0.29, 0.717) is 17.1 Å². The summed E-state index contributed by atoms with van der Waals surface area (Å²) in [6.45, 7) is 1.94. The molecule has 1 heterocycles. The minimum atomic E-state index is -0.938.